The zero-order chi connectivity index (χ0) is 21.5. The summed E-state index contributed by atoms with van der Waals surface area (Å²) in [7, 11) is 3.21. The summed E-state index contributed by atoms with van der Waals surface area (Å²) < 4.78 is 31.3. The van der Waals surface area contributed by atoms with Gasteiger partial charge in [-0.1, -0.05) is 35.9 Å². The van der Waals surface area contributed by atoms with Gasteiger partial charge in [0.05, 0.1) is 31.0 Å². The maximum atomic E-state index is 14.2. The van der Waals surface area contributed by atoms with Gasteiger partial charge in [0.25, 0.3) is 0 Å². The lowest BCUT2D eigenvalue weighted by molar-refractivity contribution is -0.0192. The van der Waals surface area contributed by atoms with E-state index in [2.05, 4.69) is 0 Å². The summed E-state index contributed by atoms with van der Waals surface area (Å²) >= 11 is 5.89. The van der Waals surface area contributed by atoms with Crippen LogP contribution in [0.2, 0.25) is 5.02 Å². The predicted molar refractivity (Wildman–Crippen MR) is 117 cm³/mol. The van der Waals surface area contributed by atoms with Gasteiger partial charge in [-0.2, -0.15) is 5.10 Å². The molecule has 0 radical (unpaired) electrons. The SMILES string of the molecule is COc1ccc(C2=NN3[C@@H](c4ccc(Cl)c(F)c4)Oc4ccccc4[C@@H]3C2)cc1OC. The fourth-order valence-electron chi connectivity index (χ4n) is 4.11. The van der Waals surface area contributed by atoms with E-state index in [0.717, 1.165) is 22.6 Å². The third-order valence-electron chi connectivity index (χ3n) is 5.64. The molecule has 0 spiro atoms. The highest BCUT2D eigenvalue weighted by Gasteiger charge is 2.41. The van der Waals surface area contributed by atoms with Crippen molar-refractivity contribution in [1.29, 1.82) is 0 Å². The van der Waals surface area contributed by atoms with Crippen molar-refractivity contribution in [3.8, 4) is 17.2 Å². The molecule has 5 nitrogen and oxygen atoms in total. The smallest absolute Gasteiger partial charge is 0.213 e. The predicted octanol–water partition coefficient (Wildman–Crippen LogP) is 5.74. The molecular formula is C24H20ClFN2O3. The fourth-order valence-corrected chi connectivity index (χ4v) is 4.23. The number of benzene rings is 3. The Bertz CT molecular complexity index is 1180. The highest BCUT2D eigenvalue weighted by molar-refractivity contribution is 6.30. The summed E-state index contributed by atoms with van der Waals surface area (Å²) in [6.45, 7) is 0. The van der Waals surface area contributed by atoms with E-state index in [9.17, 15) is 4.39 Å². The van der Waals surface area contributed by atoms with Crippen molar-refractivity contribution in [3.05, 3.63) is 88.2 Å². The number of hydrogen-bond donors (Lipinski definition) is 0. The monoisotopic (exact) mass is 438 g/mol. The number of nitrogens with zero attached hydrogens (tertiary/aromatic N) is 2. The van der Waals surface area contributed by atoms with Crippen LogP contribution in [0.4, 0.5) is 4.39 Å². The van der Waals surface area contributed by atoms with Crippen LogP contribution >= 0.6 is 11.6 Å². The van der Waals surface area contributed by atoms with Gasteiger partial charge in [0.15, 0.2) is 11.5 Å². The fraction of sp³-hybridized carbons (Fsp3) is 0.208. The van der Waals surface area contributed by atoms with Crippen LogP contribution in [0.1, 0.15) is 35.4 Å². The molecule has 0 amide bonds. The van der Waals surface area contributed by atoms with E-state index in [1.54, 1.807) is 26.4 Å². The molecule has 0 fully saturated rings. The largest absolute Gasteiger partial charge is 0.493 e. The first-order valence-corrected chi connectivity index (χ1v) is 10.3. The molecule has 2 heterocycles. The van der Waals surface area contributed by atoms with E-state index < -0.39 is 12.0 Å². The van der Waals surface area contributed by atoms with Crippen molar-refractivity contribution >= 4 is 17.3 Å². The van der Waals surface area contributed by atoms with Gasteiger partial charge in [-0.05, 0) is 36.4 Å². The summed E-state index contributed by atoms with van der Waals surface area (Å²) in [5, 5.41) is 6.87. The van der Waals surface area contributed by atoms with Gasteiger partial charge < -0.3 is 14.2 Å². The summed E-state index contributed by atoms with van der Waals surface area (Å²) in [6, 6.07) is 18.3. The van der Waals surface area contributed by atoms with Gasteiger partial charge in [0, 0.05) is 23.1 Å². The average molecular weight is 439 g/mol. The van der Waals surface area contributed by atoms with Crippen LogP contribution in [0, 0.1) is 5.82 Å². The Balaban J connectivity index is 1.58. The number of hydrogen-bond acceptors (Lipinski definition) is 5. The Kier molecular flexibility index (Phi) is 4.94. The Labute approximate surface area is 184 Å². The van der Waals surface area contributed by atoms with E-state index in [-0.39, 0.29) is 11.1 Å². The zero-order valence-electron chi connectivity index (χ0n) is 17.0. The lowest BCUT2D eigenvalue weighted by atomic mass is 9.96. The molecule has 0 bridgehead atoms. The minimum atomic E-state index is -0.565. The van der Waals surface area contributed by atoms with Crippen LogP contribution in [-0.2, 0) is 0 Å². The Morgan fingerprint density at radius 2 is 1.84 bits per heavy atom. The van der Waals surface area contributed by atoms with E-state index in [0.29, 0.717) is 23.5 Å². The second-order valence-corrected chi connectivity index (χ2v) is 7.81. The molecule has 0 saturated heterocycles. The number of rotatable bonds is 4. The van der Waals surface area contributed by atoms with Crippen LogP contribution in [0.25, 0.3) is 0 Å². The van der Waals surface area contributed by atoms with Crippen LogP contribution in [0.5, 0.6) is 17.2 Å². The molecule has 7 heteroatoms. The summed E-state index contributed by atoms with van der Waals surface area (Å²) in [6.07, 6.45) is 0.118. The minimum absolute atomic E-state index is 0.0308. The first-order chi connectivity index (χ1) is 15.1. The summed E-state index contributed by atoms with van der Waals surface area (Å²) in [5.74, 6) is 1.58. The van der Waals surface area contributed by atoms with Gasteiger partial charge in [-0.25, -0.2) is 9.40 Å². The highest BCUT2D eigenvalue weighted by Crippen LogP contribution is 2.47. The number of methoxy groups -OCH3 is 2. The van der Waals surface area contributed by atoms with Crippen molar-refractivity contribution in [2.45, 2.75) is 18.7 Å². The standard InChI is InChI=1S/C24H20ClFN2O3/c1-29-22-10-8-14(12-23(22)30-2)19-13-20-16-5-3-4-6-21(16)31-24(28(20)27-19)15-7-9-17(25)18(26)11-15/h3-12,20,24H,13H2,1-2H3/t20-,24+/m0/s1. The molecule has 31 heavy (non-hydrogen) atoms. The molecule has 3 aromatic rings. The van der Waals surface area contributed by atoms with Gasteiger partial charge in [-0.15, -0.1) is 0 Å². The topological polar surface area (TPSA) is 43.3 Å². The molecule has 0 unspecified atom stereocenters. The van der Waals surface area contributed by atoms with Crippen LogP contribution in [0.15, 0.2) is 65.8 Å². The van der Waals surface area contributed by atoms with Crippen LogP contribution in [-0.4, -0.2) is 24.9 Å². The Morgan fingerprint density at radius 3 is 2.61 bits per heavy atom. The molecule has 2 aliphatic heterocycles. The third kappa shape index (κ3) is 3.37. The maximum absolute atomic E-state index is 14.2. The Morgan fingerprint density at radius 1 is 1.03 bits per heavy atom. The van der Waals surface area contributed by atoms with Crippen molar-refractivity contribution in [2.24, 2.45) is 5.10 Å². The van der Waals surface area contributed by atoms with Gasteiger partial charge >= 0.3 is 0 Å². The second-order valence-electron chi connectivity index (χ2n) is 7.40. The quantitative estimate of drug-likeness (QED) is 0.521. The molecule has 0 aromatic heterocycles. The molecule has 5 rings (SSSR count). The van der Waals surface area contributed by atoms with Crippen molar-refractivity contribution in [2.75, 3.05) is 14.2 Å². The molecule has 3 aromatic carbocycles. The number of hydrazone groups is 1. The average Bonchev–Trinajstić information content (AvgIpc) is 3.25. The first kappa shape index (κ1) is 19.7. The summed E-state index contributed by atoms with van der Waals surface area (Å²) in [4.78, 5) is 0. The zero-order valence-corrected chi connectivity index (χ0v) is 17.8. The molecule has 0 N–H and O–H groups in total. The molecule has 0 aliphatic carbocycles. The number of para-hydroxylation sites is 1. The van der Waals surface area contributed by atoms with Crippen LogP contribution < -0.4 is 14.2 Å². The maximum Gasteiger partial charge on any atom is 0.213 e. The normalized spacial score (nSPS) is 19.2. The molecule has 2 aliphatic rings. The second kappa shape index (κ2) is 7.78. The van der Waals surface area contributed by atoms with Gasteiger partial charge in [-0.3, -0.25) is 0 Å². The number of ether oxygens (including phenoxy) is 3. The first-order valence-electron chi connectivity index (χ1n) is 9.88. The molecule has 158 valence electrons. The summed E-state index contributed by atoms with van der Waals surface area (Å²) in [5.41, 5.74) is 3.53. The number of fused-ring (bicyclic) bond motifs is 3. The molecule has 0 saturated carbocycles. The number of halogens is 2. The molecule has 2 atom stereocenters. The van der Waals surface area contributed by atoms with E-state index in [1.807, 2.05) is 47.5 Å². The van der Waals surface area contributed by atoms with Crippen molar-refractivity contribution < 1.29 is 18.6 Å². The van der Waals surface area contributed by atoms with E-state index >= 15 is 0 Å². The van der Waals surface area contributed by atoms with E-state index in [4.69, 9.17) is 30.9 Å². The van der Waals surface area contributed by atoms with Gasteiger partial charge in [0.2, 0.25) is 6.23 Å². The highest BCUT2D eigenvalue weighted by atomic mass is 35.5. The lowest BCUT2D eigenvalue weighted by Gasteiger charge is -2.38. The van der Waals surface area contributed by atoms with Gasteiger partial charge in [0.1, 0.15) is 11.6 Å². The Hall–Kier alpha value is -3.25. The van der Waals surface area contributed by atoms with E-state index in [1.165, 1.54) is 6.07 Å². The minimum Gasteiger partial charge on any atom is -0.493 e. The van der Waals surface area contributed by atoms with Crippen LogP contribution in [0.3, 0.4) is 0 Å². The third-order valence-corrected chi connectivity index (χ3v) is 5.95. The molecular weight excluding hydrogens is 419 g/mol. The van der Waals surface area contributed by atoms with Crippen molar-refractivity contribution in [1.82, 2.24) is 5.01 Å². The lowest BCUT2D eigenvalue weighted by Crippen LogP contribution is -2.33. The van der Waals surface area contributed by atoms with Crippen molar-refractivity contribution in [3.63, 3.8) is 0 Å².